The fourth-order valence-corrected chi connectivity index (χ4v) is 3.55. The van der Waals surface area contributed by atoms with E-state index in [9.17, 15) is 4.79 Å². The molecule has 1 aromatic carbocycles. The molecule has 0 spiro atoms. The molecule has 0 radical (unpaired) electrons. The maximum Gasteiger partial charge on any atom is 0.410 e. The molecule has 2 aliphatic heterocycles. The van der Waals surface area contributed by atoms with Gasteiger partial charge in [0.05, 0.1) is 25.3 Å². The summed E-state index contributed by atoms with van der Waals surface area (Å²) in [6.07, 6.45) is 1.60. The van der Waals surface area contributed by atoms with Crippen LogP contribution < -0.4 is 5.32 Å². The molecule has 2 bridgehead atoms. The molecule has 0 aliphatic carbocycles. The van der Waals surface area contributed by atoms with E-state index in [-0.39, 0.29) is 18.2 Å². The zero-order chi connectivity index (χ0) is 17.2. The van der Waals surface area contributed by atoms with Crippen LogP contribution in [0.25, 0.3) is 0 Å². The molecule has 1 aromatic rings. The second-order valence-corrected chi connectivity index (χ2v) is 7.77. The normalized spacial score (nSPS) is 27.0. The minimum absolute atomic E-state index is 0.0978. The molecular formula is C19H28N2O3. The first-order chi connectivity index (χ1) is 11.4. The molecule has 2 aliphatic rings. The van der Waals surface area contributed by atoms with Gasteiger partial charge in [0.1, 0.15) is 5.60 Å². The highest BCUT2D eigenvalue weighted by molar-refractivity contribution is 5.69. The molecule has 2 unspecified atom stereocenters. The maximum atomic E-state index is 12.5. The number of benzene rings is 1. The van der Waals surface area contributed by atoms with Gasteiger partial charge in [0.25, 0.3) is 0 Å². The molecule has 2 saturated heterocycles. The fraction of sp³-hybridized carbons (Fsp3) is 0.632. The van der Waals surface area contributed by atoms with Crippen molar-refractivity contribution in [3.05, 3.63) is 35.9 Å². The second-order valence-electron chi connectivity index (χ2n) is 7.77. The second kappa shape index (κ2) is 7.11. The zero-order valence-corrected chi connectivity index (χ0v) is 14.8. The Morgan fingerprint density at radius 3 is 2.42 bits per heavy atom. The van der Waals surface area contributed by atoms with Crippen molar-refractivity contribution in [1.29, 1.82) is 0 Å². The summed E-state index contributed by atoms with van der Waals surface area (Å²) in [4.78, 5) is 14.5. The molecule has 2 fully saturated rings. The number of hydrogen-bond donors (Lipinski definition) is 1. The van der Waals surface area contributed by atoms with Crippen molar-refractivity contribution in [3.8, 4) is 0 Å². The average Bonchev–Trinajstić information content (AvgIpc) is 2.51. The minimum Gasteiger partial charge on any atom is -0.444 e. The SMILES string of the molecule is CC(C)(C)OC(=O)N1C2COCC1CC(NCc1ccccc1)C2. The molecule has 1 amide bonds. The van der Waals surface area contributed by atoms with E-state index in [1.165, 1.54) is 5.56 Å². The Hall–Kier alpha value is -1.59. The Morgan fingerprint density at radius 1 is 1.21 bits per heavy atom. The van der Waals surface area contributed by atoms with Crippen molar-refractivity contribution in [2.45, 2.75) is 63.9 Å². The van der Waals surface area contributed by atoms with Gasteiger partial charge in [-0.25, -0.2) is 4.79 Å². The molecule has 132 valence electrons. The van der Waals surface area contributed by atoms with E-state index in [0.717, 1.165) is 19.4 Å². The van der Waals surface area contributed by atoms with Crippen LogP contribution in [0.3, 0.4) is 0 Å². The fourth-order valence-electron chi connectivity index (χ4n) is 3.55. The number of piperidine rings is 1. The van der Waals surface area contributed by atoms with E-state index >= 15 is 0 Å². The number of ether oxygens (including phenoxy) is 2. The minimum atomic E-state index is -0.464. The van der Waals surface area contributed by atoms with Crippen LogP contribution in [-0.4, -0.2) is 47.9 Å². The van der Waals surface area contributed by atoms with Crippen LogP contribution in [0, 0.1) is 0 Å². The van der Waals surface area contributed by atoms with Crippen LogP contribution in [0.4, 0.5) is 4.79 Å². The van der Waals surface area contributed by atoms with E-state index in [2.05, 4.69) is 29.6 Å². The predicted octanol–water partition coefficient (Wildman–Crippen LogP) is 2.94. The van der Waals surface area contributed by atoms with Gasteiger partial charge in [0.15, 0.2) is 0 Å². The molecule has 5 heteroatoms. The number of carbonyl (C=O) groups excluding carboxylic acids is 1. The van der Waals surface area contributed by atoms with Crippen molar-refractivity contribution >= 4 is 6.09 Å². The van der Waals surface area contributed by atoms with Crippen LogP contribution in [-0.2, 0) is 16.0 Å². The van der Waals surface area contributed by atoms with Gasteiger partial charge < -0.3 is 14.8 Å². The lowest BCUT2D eigenvalue weighted by molar-refractivity contribution is -0.0844. The number of fused-ring (bicyclic) bond motifs is 2. The van der Waals surface area contributed by atoms with E-state index in [0.29, 0.717) is 19.3 Å². The molecule has 5 nitrogen and oxygen atoms in total. The topological polar surface area (TPSA) is 50.8 Å². The lowest BCUT2D eigenvalue weighted by atomic mass is 9.90. The molecule has 1 N–H and O–H groups in total. The van der Waals surface area contributed by atoms with Crippen LogP contribution in [0.15, 0.2) is 30.3 Å². The largest absolute Gasteiger partial charge is 0.444 e. The Bertz CT molecular complexity index is 541. The first-order valence-electron chi connectivity index (χ1n) is 8.79. The van der Waals surface area contributed by atoms with Gasteiger partial charge in [-0.3, -0.25) is 4.90 Å². The van der Waals surface area contributed by atoms with Gasteiger partial charge in [-0.2, -0.15) is 0 Å². The van der Waals surface area contributed by atoms with E-state index in [1.54, 1.807) is 0 Å². The number of hydrogen-bond acceptors (Lipinski definition) is 4. The van der Waals surface area contributed by atoms with Crippen LogP contribution in [0.1, 0.15) is 39.2 Å². The molecule has 2 heterocycles. The highest BCUT2D eigenvalue weighted by Crippen LogP contribution is 2.29. The Labute approximate surface area is 144 Å². The van der Waals surface area contributed by atoms with Crippen molar-refractivity contribution in [3.63, 3.8) is 0 Å². The van der Waals surface area contributed by atoms with Crippen LogP contribution in [0.2, 0.25) is 0 Å². The average molecular weight is 332 g/mol. The molecule has 3 rings (SSSR count). The smallest absolute Gasteiger partial charge is 0.410 e. The van der Waals surface area contributed by atoms with E-state index in [4.69, 9.17) is 9.47 Å². The van der Waals surface area contributed by atoms with Crippen molar-refractivity contribution in [1.82, 2.24) is 10.2 Å². The Kier molecular flexibility index (Phi) is 5.11. The predicted molar refractivity (Wildman–Crippen MR) is 92.8 cm³/mol. The number of amides is 1. The van der Waals surface area contributed by atoms with Crippen molar-refractivity contribution < 1.29 is 14.3 Å². The molecular weight excluding hydrogens is 304 g/mol. The molecule has 2 atom stereocenters. The van der Waals surface area contributed by atoms with Gasteiger partial charge in [0.2, 0.25) is 0 Å². The van der Waals surface area contributed by atoms with Gasteiger partial charge in [-0.05, 0) is 39.2 Å². The van der Waals surface area contributed by atoms with Gasteiger partial charge in [-0.15, -0.1) is 0 Å². The van der Waals surface area contributed by atoms with E-state index < -0.39 is 5.60 Å². The Morgan fingerprint density at radius 2 is 1.83 bits per heavy atom. The summed E-state index contributed by atoms with van der Waals surface area (Å²) < 4.78 is 11.3. The number of rotatable bonds is 3. The first kappa shape index (κ1) is 17.2. The van der Waals surface area contributed by atoms with Crippen molar-refractivity contribution in [2.24, 2.45) is 0 Å². The summed E-state index contributed by atoms with van der Waals surface area (Å²) >= 11 is 0. The summed E-state index contributed by atoms with van der Waals surface area (Å²) in [5.41, 5.74) is 0.822. The molecule has 0 saturated carbocycles. The van der Waals surface area contributed by atoms with Gasteiger partial charge in [-0.1, -0.05) is 30.3 Å². The number of nitrogens with one attached hydrogen (secondary N) is 1. The summed E-state index contributed by atoms with van der Waals surface area (Å²) in [6, 6.07) is 11.0. The third kappa shape index (κ3) is 4.28. The summed E-state index contributed by atoms with van der Waals surface area (Å²) in [7, 11) is 0. The zero-order valence-electron chi connectivity index (χ0n) is 14.8. The quantitative estimate of drug-likeness (QED) is 0.925. The highest BCUT2D eigenvalue weighted by atomic mass is 16.6. The van der Waals surface area contributed by atoms with Gasteiger partial charge >= 0.3 is 6.09 Å². The summed E-state index contributed by atoms with van der Waals surface area (Å²) in [5.74, 6) is 0. The standard InChI is InChI=1S/C19H28N2O3/c1-19(2,3)24-18(22)21-16-9-15(10-17(21)13-23-12-16)20-11-14-7-5-4-6-8-14/h4-8,15-17,20H,9-13H2,1-3H3. The van der Waals surface area contributed by atoms with Crippen LogP contribution >= 0.6 is 0 Å². The third-order valence-corrected chi connectivity index (χ3v) is 4.56. The molecule has 0 aromatic heterocycles. The highest BCUT2D eigenvalue weighted by Gasteiger charge is 2.43. The Balaban J connectivity index is 1.60. The lowest BCUT2D eigenvalue weighted by Crippen LogP contribution is -2.62. The number of nitrogens with zero attached hydrogens (tertiary/aromatic N) is 1. The van der Waals surface area contributed by atoms with Crippen LogP contribution in [0.5, 0.6) is 0 Å². The summed E-state index contributed by atoms with van der Waals surface area (Å²) in [5, 5.41) is 3.64. The van der Waals surface area contributed by atoms with Gasteiger partial charge in [0, 0.05) is 12.6 Å². The number of morpholine rings is 1. The number of carbonyl (C=O) groups is 1. The first-order valence-corrected chi connectivity index (χ1v) is 8.79. The molecule has 24 heavy (non-hydrogen) atoms. The monoisotopic (exact) mass is 332 g/mol. The van der Waals surface area contributed by atoms with Crippen molar-refractivity contribution in [2.75, 3.05) is 13.2 Å². The lowest BCUT2D eigenvalue weighted by Gasteiger charge is -2.48. The summed E-state index contributed by atoms with van der Waals surface area (Å²) in [6.45, 7) is 7.78. The third-order valence-electron chi connectivity index (χ3n) is 4.56. The maximum absolute atomic E-state index is 12.5. The van der Waals surface area contributed by atoms with E-state index in [1.807, 2.05) is 31.7 Å².